The lowest BCUT2D eigenvalue weighted by Gasteiger charge is -2.19. The fourth-order valence-corrected chi connectivity index (χ4v) is 4.53. The van der Waals surface area contributed by atoms with Crippen LogP contribution in [-0.2, 0) is 19.1 Å². The summed E-state index contributed by atoms with van der Waals surface area (Å²) in [6.45, 7) is 12.7. The van der Waals surface area contributed by atoms with Gasteiger partial charge in [-0.25, -0.2) is 19.2 Å². The molecule has 0 saturated carbocycles. The van der Waals surface area contributed by atoms with Gasteiger partial charge in [0.15, 0.2) is 0 Å². The Kier molecular flexibility index (Phi) is 15.6. The molecule has 0 fully saturated rings. The summed E-state index contributed by atoms with van der Waals surface area (Å²) in [6.07, 6.45) is 7.31. The standard InChI is InChI=1S/C39H44O10/c1-6-10-12-14-36(48-34(40)8-3)44-30-20-16-28(17-21-30)38(42)46-32-24-25-33(27(5)26-32)47-39(43)29-18-22-31(23-19-29)45-37(15-13-11-7-2)49-35(41)9-4/h8-9,16-26,36-37H,3-4,6-7,10-15H2,1-2,5H3. The predicted octanol–water partition coefficient (Wildman–Crippen LogP) is 8.46. The van der Waals surface area contributed by atoms with Gasteiger partial charge in [-0.1, -0.05) is 52.7 Å². The Morgan fingerprint density at radius 3 is 1.45 bits per heavy atom. The molecule has 0 aliphatic carbocycles. The summed E-state index contributed by atoms with van der Waals surface area (Å²) in [5, 5.41) is 0. The van der Waals surface area contributed by atoms with Crippen molar-refractivity contribution in [1.82, 2.24) is 0 Å². The molecule has 0 radical (unpaired) electrons. The molecule has 0 heterocycles. The molecule has 2 unspecified atom stereocenters. The monoisotopic (exact) mass is 672 g/mol. The lowest BCUT2D eigenvalue weighted by atomic mass is 10.2. The molecule has 0 saturated heterocycles. The second-order valence-corrected chi connectivity index (χ2v) is 11.1. The van der Waals surface area contributed by atoms with Crippen LogP contribution in [0.2, 0.25) is 0 Å². The van der Waals surface area contributed by atoms with E-state index in [1.807, 2.05) is 0 Å². The number of benzene rings is 3. The first-order valence-corrected chi connectivity index (χ1v) is 16.4. The van der Waals surface area contributed by atoms with Crippen molar-refractivity contribution in [2.24, 2.45) is 0 Å². The molecule has 3 rings (SSSR count). The first-order chi connectivity index (χ1) is 23.6. The third-order valence-electron chi connectivity index (χ3n) is 7.19. The number of aryl methyl sites for hydroxylation is 1. The number of rotatable bonds is 20. The average molecular weight is 673 g/mol. The van der Waals surface area contributed by atoms with Crippen molar-refractivity contribution in [3.63, 3.8) is 0 Å². The van der Waals surface area contributed by atoms with E-state index in [2.05, 4.69) is 27.0 Å². The van der Waals surface area contributed by atoms with Gasteiger partial charge in [-0.15, -0.1) is 0 Å². The zero-order valence-electron chi connectivity index (χ0n) is 28.3. The maximum atomic E-state index is 12.9. The Morgan fingerprint density at radius 2 is 1.04 bits per heavy atom. The summed E-state index contributed by atoms with van der Waals surface area (Å²) in [6, 6.07) is 17.3. The van der Waals surface area contributed by atoms with E-state index in [9.17, 15) is 19.2 Å². The molecule has 0 aliphatic heterocycles. The lowest BCUT2D eigenvalue weighted by Crippen LogP contribution is -2.23. The smallest absolute Gasteiger partial charge is 0.343 e. The SMILES string of the molecule is C=CC(=O)OC(CCCCC)Oc1ccc(C(=O)Oc2ccc(OC(=O)c3ccc(OC(CCCCC)OC(=O)C=C)cc3)c(C)c2)cc1. The van der Waals surface area contributed by atoms with E-state index in [0.29, 0.717) is 35.7 Å². The third-order valence-corrected chi connectivity index (χ3v) is 7.19. The highest BCUT2D eigenvalue weighted by atomic mass is 16.7. The molecule has 0 bridgehead atoms. The molecule has 2 atom stereocenters. The number of carbonyl (C=O) groups is 4. The quantitative estimate of drug-likeness (QED) is 0.0380. The van der Waals surface area contributed by atoms with Crippen molar-refractivity contribution >= 4 is 23.9 Å². The van der Waals surface area contributed by atoms with E-state index in [-0.39, 0.29) is 16.9 Å². The Hall–Kier alpha value is -5.38. The lowest BCUT2D eigenvalue weighted by molar-refractivity contribution is -0.159. The van der Waals surface area contributed by atoms with Gasteiger partial charge < -0.3 is 28.4 Å². The Labute approximate surface area is 287 Å². The van der Waals surface area contributed by atoms with Gasteiger partial charge in [0.2, 0.25) is 12.6 Å². The van der Waals surface area contributed by atoms with Crippen LogP contribution in [0.3, 0.4) is 0 Å². The normalized spacial score (nSPS) is 11.7. The van der Waals surface area contributed by atoms with Crippen molar-refractivity contribution in [3.05, 3.63) is 109 Å². The first-order valence-electron chi connectivity index (χ1n) is 16.4. The molecule has 260 valence electrons. The Morgan fingerprint density at radius 1 is 0.612 bits per heavy atom. The fraction of sp³-hybridized carbons (Fsp3) is 0.333. The van der Waals surface area contributed by atoms with Crippen molar-refractivity contribution in [2.75, 3.05) is 0 Å². The molecule has 3 aromatic rings. The molecular formula is C39H44O10. The van der Waals surface area contributed by atoms with Crippen LogP contribution < -0.4 is 18.9 Å². The van der Waals surface area contributed by atoms with Crippen molar-refractivity contribution in [1.29, 1.82) is 0 Å². The number of hydrogen-bond acceptors (Lipinski definition) is 10. The van der Waals surface area contributed by atoms with Gasteiger partial charge in [0.05, 0.1) is 11.1 Å². The molecule has 0 amide bonds. The fourth-order valence-electron chi connectivity index (χ4n) is 4.53. The van der Waals surface area contributed by atoms with Gasteiger partial charge in [-0.2, -0.15) is 0 Å². The van der Waals surface area contributed by atoms with E-state index in [0.717, 1.165) is 50.7 Å². The molecule has 0 N–H and O–H groups in total. The second-order valence-electron chi connectivity index (χ2n) is 11.1. The van der Waals surface area contributed by atoms with Crippen LogP contribution in [0.15, 0.2) is 92.0 Å². The van der Waals surface area contributed by atoms with E-state index < -0.39 is 36.5 Å². The zero-order valence-corrected chi connectivity index (χ0v) is 28.3. The molecule has 10 heteroatoms. The topological polar surface area (TPSA) is 124 Å². The molecule has 49 heavy (non-hydrogen) atoms. The van der Waals surface area contributed by atoms with E-state index in [4.69, 9.17) is 28.4 Å². The molecule has 0 aromatic heterocycles. The summed E-state index contributed by atoms with van der Waals surface area (Å²) in [7, 11) is 0. The number of hydrogen-bond donors (Lipinski definition) is 0. The summed E-state index contributed by atoms with van der Waals surface area (Å²) in [5.74, 6) is -0.912. The summed E-state index contributed by atoms with van der Waals surface area (Å²) < 4.78 is 33.4. The van der Waals surface area contributed by atoms with E-state index in [1.54, 1.807) is 67.6 Å². The minimum absolute atomic E-state index is 0.266. The third kappa shape index (κ3) is 13.0. The number of ether oxygens (including phenoxy) is 6. The number of unbranched alkanes of at least 4 members (excludes halogenated alkanes) is 4. The minimum Gasteiger partial charge on any atom is -0.455 e. The summed E-state index contributed by atoms with van der Waals surface area (Å²) in [4.78, 5) is 49.1. The number of esters is 4. The summed E-state index contributed by atoms with van der Waals surface area (Å²) in [5.41, 5.74) is 1.14. The molecule has 0 aliphatic rings. The van der Waals surface area contributed by atoms with Crippen LogP contribution in [0.5, 0.6) is 23.0 Å². The van der Waals surface area contributed by atoms with Crippen LogP contribution in [0.1, 0.15) is 91.5 Å². The molecule has 10 nitrogen and oxygen atoms in total. The van der Waals surface area contributed by atoms with E-state index in [1.165, 1.54) is 6.07 Å². The van der Waals surface area contributed by atoms with Crippen molar-refractivity contribution < 1.29 is 47.6 Å². The molecule has 3 aromatic carbocycles. The van der Waals surface area contributed by atoms with Crippen LogP contribution >= 0.6 is 0 Å². The summed E-state index contributed by atoms with van der Waals surface area (Å²) >= 11 is 0. The van der Waals surface area contributed by atoms with Crippen molar-refractivity contribution in [2.45, 2.75) is 84.7 Å². The predicted molar refractivity (Wildman–Crippen MR) is 184 cm³/mol. The maximum absolute atomic E-state index is 12.9. The molecular weight excluding hydrogens is 628 g/mol. The van der Waals surface area contributed by atoms with Gasteiger partial charge in [-0.05, 0) is 92.1 Å². The van der Waals surface area contributed by atoms with Gasteiger partial charge in [-0.3, -0.25) is 0 Å². The van der Waals surface area contributed by atoms with Gasteiger partial charge in [0.25, 0.3) is 0 Å². The van der Waals surface area contributed by atoms with Gasteiger partial charge in [0, 0.05) is 25.0 Å². The average Bonchev–Trinajstić information content (AvgIpc) is 3.10. The van der Waals surface area contributed by atoms with Crippen LogP contribution in [0, 0.1) is 6.92 Å². The Balaban J connectivity index is 1.57. The highest BCUT2D eigenvalue weighted by molar-refractivity contribution is 5.92. The minimum atomic E-state index is -0.771. The Bertz CT molecular complexity index is 1560. The maximum Gasteiger partial charge on any atom is 0.343 e. The highest BCUT2D eigenvalue weighted by Crippen LogP contribution is 2.26. The van der Waals surface area contributed by atoms with Crippen LogP contribution in [-0.4, -0.2) is 36.5 Å². The van der Waals surface area contributed by atoms with Gasteiger partial charge in [0.1, 0.15) is 23.0 Å². The van der Waals surface area contributed by atoms with Gasteiger partial charge >= 0.3 is 23.9 Å². The largest absolute Gasteiger partial charge is 0.455 e. The zero-order chi connectivity index (χ0) is 35.6. The van der Waals surface area contributed by atoms with E-state index >= 15 is 0 Å². The van der Waals surface area contributed by atoms with Crippen LogP contribution in [0.25, 0.3) is 0 Å². The van der Waals surface area contributed by atoms with Crippen LogP contribution in [0.4, 0.5) is 0 Å². The molecule has 0 spiro atoms. The second kappa shape index (κ2) is 20.1. The van der Waals surface area contributed by atoms with Crippen molar-refractivity contribution in [3.8, 4) is 23.0 Å². The number of carbonyl (C=O) groups excluding carboxylic acids is 4. The highest BCUT2D eigenvalue weighted by Gasteiger charge is 2.18. The first kappa shape index (κ1) is 38.1.